The van der Waals surface area contributed by atoms with Crippen molar-refractivity contribution in [2.24, 2.45) is 0 Å². The zero-order valence-corrected chi connectivity index (χ0v) is 48.1. The molecule has 1 saturated heterocycles. The third-order valence-electron chi connectivity index (χ3n) is 12.9. The van der Waals surface area contributed by atoms with E-state index < -0.39 is 23.9 Å². The molecule has 0 aromatic rings. The number of thioether (sulfide) groups is 2. The van der Waals surface area contributed by atoms with Crippen LogP contribution in [0.2, 0.25) is 0 Å². The van der Waals surface area contributed by atoms with E-state index in [0.717, 1.165) is 101 Å². The van der Waals surface area contributed by atoms with Crippen LogP contribution in [0.5, 0.6) is 0 Å². The lowest BCUT2D eigenvalue weighted by molar-refractivity contribution is -0.146. The van der Waals surface area contributed by atoms with Gasteiger partial charge in [-0.1, -0.05) is 180 Å². The second-order valence-corrected chi connectivity index (χ2v) is 21.8. The van der Waals surface area contributed by atoms with Crippen LogP contribution in [0.4, 0.5) is 0 Å². The Bertz CT molecular complexity index is 1360. The molecule has 2 unspecified atom stereocenters. The molecule has 16 nitrogen and oxygen atoms in total. The maximum absolute atomic E-state index is 13.1. The summed E-state index contributed by atoms with van der Waals surface area (Å²) in [4.78, 5) is 106. The molecule has 0 aromatic carbocycles. The molecule has 0 aliphatic carbocycles. The summed E-state index contributed by atoms with van der Waals surface area (Å²) >= 11 is 1.86. The van der Waals surface area contributed by atoms with E-state index in [1.807, 2.05) is 9.80 Å². The predicted octanol–water partition coefficient (Wildman–Crippen LogP) is 10.0. The van der Waals surface area contributed by atoms with Gasteiger partial charge in [-0.2, -0.15) is 0 Å². The number of hydrogen-bond acceptors (Lipinski definition) is 16. The van der Waals surface area contributed by atoms with E-state index in [2.05, 4.69) is 38.3 Å². The Balaban J connectivity index is 2.63. The fraction of sp³-hybridized carbons (Fsp3) is 0.857. The molecule has 1 aliphatic heterocycles. The topological polar surface area (TPSA) is 204 Å². The van der Waals surface area contributed by atoms with Crippen molar-refractivity contribution in [2.75, 3.05) is 77.2 Å². The van der Waals surface area contributed by atoms with Crippen molar-refractivity contribution in [3.63, 3.8) is 0 Å². The van der Waals surface area contributed by atoms with E-state index >= 15 is 0 Å². The molecular weight excluding hydrogens is 985 g/mol. The highest BCUT2D eigenvalue weighted by molar-refractivity contribution is 8.13. The first-order valence-electron chi connectivity index (χ1n) is 28.9. The second kappa shape index (κ2) is 48.2. The van der Waals surface area contributed by atoms with Gasteiger partial charge in [-0.05, 0) is 25.7 Å². The zero-order chi connectivity index (χ0) is 54.3. The van der Waals surface area contributed by atoms with E-state index in [1.165, 1.54) is 77.0 Å². The molecule has 2 atom stereocenters. The molecule has 1 rings (SSSR count). The van der Waals surface area contributed by atoms with Gasteiger partial charge in [-0.3, -0.25) is 38.4 Å². The maximum Gasteiger partial charge on any atom is 0.307 e. The first-order valence-corrected chi connectivity index (χ1v) is 30.9. The van der Waals surface area contributed by atoms with Gasteiger partial charge in [-0.15, -0.1) is 0 Å². The van der Waals surface area contributed by atoms with Crippen molar-refractivity contribution < 1.29 is 57.3 Å². The highest BCUT2D eigenvalue weighted by Gasteiger charge is 2.34. The summed E-state index contributed by atoms with van der Waals surface area (Å²) in [6, 6.07) is -1.90. The summed E-state index contributed by atoms with van der Waals surface area (Å²) in [5, 5.41) is 4.98. The predicted molar refractivity (Wildman–Crippen MR) is 297 cm³/mol. The summed E-state index contributed by atoms with van der Waals surface area (Å²) in [5.41, 5.74) is 0. The Morgan fingerprint density at radius 1 is 0.365 bits per heavy atom. The van der Waals surface area contributed by atoms with E-state index in [-0.39, 0.29) is 97.2 Å². The molecule has 0 radical (unpaired) electrons. The number of nitrogens with zero attached hydrogens (tertiary/aromatic N) is 2. The minimum absolute atomic E-state index is 0.0136. The van der Waals surface area contributed by atoms with Gasteiger partial charge >= 0.3 is 23.9 Å². The molecule has 18 heteroatoms. The number of carbonyl (C=O) groups excluding carboxylic acids is 8. The zero-order valence-electron chi connectivity index (χ0n) is 46.5. The summed E-state index contributed by atoms with van der Waals surface area (Å²) < 4.78 is 21.8. The van der Waals surface area contributed by atoms with Crippen molar-refractivity contribution in [2.45, 2.75) is 232 Å². The maximum atomic E-state index is 13.1. The summed E-state index contributed by atoms with van der Waals surface area (Å²) in [7, 11) is 0. The van der Waals surface area contributed by atoms with Gasteiger partial charge in [0.2, 0.25) is 11.8 Å². The monoisotopic (exact) mass is 1080 g/mol. The van der Waals surface area contributed by atoms with Crippen LogP contribution in [0, 0.1) is 0 Å². The number of ether oxygens (including phenoxy) is 4. The average Bonchev–Trinajstić information content (AvgIpc) is 3.38. The van der Waals surface area contributed by atoms with Gasteiger partial charge in [0.25, 0.3) is 0 Å². The van der Waals surface area contributed by atoms with Crippen LogP contribution in [-0.4, -0.2) is 145 Å². The van der Waals surface area contributed by atoms with Crippen LogP contribution in [0.15, 0.2) is 0 Å². The first-order chi connectivity index (χ1) is 35.9. The fourth-order valence-corrected chi connectivity index (χ4v) is 9.78. The molecule has 1 heterocycles. The molecule has 0 spiro atoms. The largest absolute Gasteiger partial charge is 0.466 e. The van der Waals surface area contributed by atoms with Crippen LogP contribution < -0.4 is 10.6 Å². The molecule has 74 heavy (non-hydrogen) atoms. The highest BCUT2D eigenvalue weighted by atomic mass is 32.2. The van der Waals surface area contributed by atoms with Gasteiger partial charge in [0.1, 0.15) is 12.1 Å². The van der Waals surface area contributed by atoms with Gasteiger partial charge in [0.05, 0.1) is 52.1 Å². The number of nitrogens with one attached hydrogen (secondary N) is 2. The highest BCUT2D eigenvalue weighted by Crippen LogP contribution is 2.16. The van der Waals surface area contributed by atoms with Crippen molar-refractivity contribution >= 4 is 69.4 Å². The summed E-state index contributed by atoms with van der Waals surface area (Å²) in [6.07, 6.45) is 26.7. The molecule has 0 bridgehead atoms. The number of carbonyl (C=O) groups is 8. The number of esters is 4. The Kier molecular flexibility index (Phi) is 44.8. The number of hydrogen-bond donors (Lipinski definition) is 2. The van der Waals surface area contributed by atoms with Crippen molar-refractivity contribution in [1.29, 1.82) is 0 Å². The number of unbranched alkanes of at least 4 members (excludes halogenated alkanes) is 20. The van der Waals surface area contributed by atoms with Crippen molar-refractivity contribution in [1.82, 2.24) is 20.4 Å². The second-order valence-electron chi connectivity index (χ2n) is 19.6. The van der Waals surface area contributed by atoms with Crippen LogP contribution in [-0.2, 0) is 57.3 Å². The van der Waals surface area contributed by atoms with Crippen molar-refractivity contribution in [3.05, 3.63) is 0 Å². The Morgan fingerprint density at radius 3 is 0.851 bits per heavy atom. The first kappa shape index (κ1) is 68.8. The molecule has 2 amide bonds. The van der Waals surface area contributed by atoms with E-state index in [9.17, 15) is 38.4 Å². The van der Waals surface area contributed by atoms with Gasteiger partial charge in [0.15, 0.2) is 10.2 Å². The molecule has 2 N–H and O–H groups in total. The standard InChI is InChI=1S/C56H100N4O12S2/c1-5-9-13-17-21-25-41-69-49(61)29-35-59(36-30-50(62)70-42-26-22-18-14-10-6-2)39-33-53(65)73-45-47-55(67)58-48(56(68)57-47)46-74-54(66)34-40-60(37-31-51(63)71-43-27-23-19-15-11-7-3)38-32-52(64)72-44-28-24-20-16-12-8-4/h47-48H,5-46H2,1-4H3,(H,57,68)(H,58,67). The quantitative estimate of drug-likeness (QED) is 0.0330. The lowest BCUT2D eigenvalue weighted by Crippen LogP contribution is -2.63. The van der Waals surface area contributed by atoms with Crippen LogP contribution in [0.3, 0.4) is 0 Å². The summed E-state index contributed by atoms with van der Waals surface area (Å²) in [6.45, 7) is 12.0. The van der Waals surface area contributed by atoms with Crippen LogP contribution >= 0.6 is 23.5 Å². The third kappa shape index (κ3) is 40.1. The molecular formula is C56H100N4O12S2. The fourth-order valence-electron chi connectivity index (χ4n) is 8.14. The minimum atomic E-state index is -0.948. The van der Waals surface area contributed by atoms with E-state index in [1.54, 1.807) is 0 Å². The van der Waals surface area contributed by atoms with E-state index in [4.69, 9.17) is 18.9 Å². The Labute approximate surface area is 454 Å². The van der Waals surface area contributed by atoms with Crippen molar-refractivity contribution in [3.8, 4) is 0 Å². The number of rotatable bonds is 50. The van der Waals surface area contributed by atoms with Crippen LogP contribution in [0.1, 0.15) is 220 Å². The van der Waals surface area contributed by atoms with Gasteiger partial charge < -0.3 is 39.4 Å². The Hall–Kier alpha value is -3.22. The smallest absolute Gasteiger partial charge is 0.307 e. The normalized spacial score (nSPS) is 14.5. The van der Waals surface area contributed by atoms with Gasteiger partial charge in [-0.25, -0.2) is 0 Å². The minimum Gasteiger partial charge on any atom is -0.466 e. The van der Waals surface area contributed by atoms with E-state index in [0.29, 0.717) is 52.6 Å². The third-order valence-corrected chi connectivity index (χ3v) is 15.0. The van der Waals surface area contributed by atoms with Gasteiger partial charge in [0, 0.05) is 63.6 Å². The molecule has 1 fully saturated rings. The summed E-state index contributed by atoms with van der Waals surface area (Å²) in [5.74, 6) is -2.18. The molecule has 428 valence electrons. The van der Waals surface area contributed by atoms with Crippen LogP contribution in [0.25, 0.3) is 0 Å². The SMILES string of the molecule is CCCCCCCCOC(=O)CCN(CCC(=O)OCCCCCCCC)CCC(=O)SCC1NC(=O)C(CSC(=O)CCN(CCC(=O)OCCCCCCCC)CCC(=O)OCCCCCCCC)NC1=O. The molecule has 0 saturated carbocycles. The Morgan fingerprint density at radius 2 is 0.595 bits per heavy atom. The molecule has 0 aromatic heterocycles. The number of amides is 2. The lowest BCUT2D eigenvalue weighted by atomic mass is 10.1. The number of piperazine rings is 1. The lowest BCUT2D eigenvalue weighted by Gasteiger charge is -2.29. The molecule has 1 aliphatic rings. The average molecular weight is 1090 g/mol.